The highest BCUT2D eigenvalue weighted by Crippen LogP contribution is 2.29. The fourth-order valence-corrected chi connectivity index (χ4v) is 6.70. The van der Waals surface area contributed by atoms with E-state index in [2.05, 4.69) is 5.32 Å². The first-order chi connectivity index (χ1) is 21.2. The summed E-state index contributed by atoms with van der Waals surface area (Å²) in [5.41, 5.74) is 4.19. The largest absolute Gasteiger partial charge is 0.350 e. The second kappa shape index (κ2) is 14.1. The quantitative estimate of drug-likeness (QED) is 0.210. The number of anilines is 1. The molecular formula is C37H43N3O4S. The lowest BCUT2D eigenvalue weighted by Gasteiger charge is -2.35. The van der Waals surface area contributed by atoms with Crippen molar-refractivity contribution < 1.29 is 18.0 Å². The van der Waals surface area contributed by atoms with Gasteiger partial charge < -0.3 is 10.2 Å². The first-order valence-corrected chi connectivity index (χ1v) is 16.5. The van der Waals surface area contributed by atoms with Gasteiger partial charge in [0, 0.05) is 18.5 Å². The maximum atomic E-state index is 14.6. The van der Waals surface area contributed by atoms with Gasteiger partial charge in [-0.05, 0) is 76.4 Å². The van der Waals surface area contributed by atoms with Crippen molar-refractivity contribution in [3.8, 4) is 0 Å². The van der Waals surface area contributed by atoms with Crippen molar-refractivity contribution >= 4 is 27.5 Å². The van der Waals surface area contributed by atoms with Gasteiger partial charge in [0.2, 0.25) is 11.8 Å². The molecule has 0 aliphatic heterocycles. The van der Waals surface area contributed by atoms with Crippen LogP contribution in [0.15, 0.2) is 108 Å². The molecule has 0 heterocycles. The molecule has 4 rings (SSSR count). The monoisotopic (exact) mass is 625 g/mol. The van der Waals surface area contributed by atoms with E-state index in [1.165, 1.54) is 9.21 Å². The number of benzene rings is 4. The molecule has 0 saturated carbocycles. The number of nitrogens with one attached hydrogen (secondary N) is 1. The number of nitrogens with zero attached hydrogens (tertiary/aromatic N) is 2. The molecule has 0 bridgehead atoms. The van der Waals surface area contributed by atoms with E-state index in [9.17, 15) is 18.0 Å². The number of amides is 2. The fourth-order valence-electron chi connectivity index (χ4n) is 5.22. The lowest BCUT2D eigenvalue weighted by atomic mass is 10.0. The Hall–Kier alpha value is -4.43. The van der Waals surface area contributed by atoms with E-state index < -0.39 is 34.1 Å². The fraction of sp³-hybridized carbons (Fsp3) is 0.297. The van der Waals surface area contributed by atoms with Crippen LogP contribution in [0.25, 0.3) is 0 Å². The molecule has 7 nitrogen and oxygen atoms in total. The van der Waals surface area contributed by atoms with Crippen LogP contribution < -0.4 is 9.62 Å². The van der Waals surface area contributed by atoms with Crippen LogP contribution in [-0.4, -0.2) is 43.3 Å². The van der Waals surface area contributed by atoms with Crippen molar-refractivity contribution in [1.82, 2.24) is 10.2 Å². The topological polar surface area (TPSA) is 86.8 Å². The second-order valence-electron chi connectivity index (χ2n) is 12.6. The van der Waals surface area contributed by atoms with Crippen LogP contribution in [0, 0.1) is 20.8 Å². The van der Waals surface area contributed by atoms with Crippen LogP contribution in [-0.2, 0) is 32.6 Å². The summed E-state index contributed by atoms with van der Waals surface area (Å²) in [5, 5.41) is 3.06. The average molecular weight is 626 g/mol. The molecule has 0 aromatic heterocycles. The SMILES string of the molecule is Cc1ccc(S(=O)(=O)N(CC(=O)N(Cc2ccccc2)[C@H](Cc2ccccc2)C(=O)NC(C)(C)C)c2ccc(C)cc2C)cc1. The Kier molecular flexibility index (Phi) is 10.5. The Morgan fingerprint density at radius 3 is 1.87 bits per heavy atom. The molecular weight excluding hydrogens is 582 g/mol. The highest BCUT2D eigenvalue weighted by Gasteiger charge is 2.36. The smallest absolute Gasteiger partial charge is 0.264 e. The third-order valence-electron chi connectivity index (χ3n) is 7.47. The van der Waals surface area contributed by atoms with E-state index >= 15 is 0 Å². The summed E-state index contributed by atoms with van der Waals surface area (Å²) in [5.74, 6) is -0.797. The Morgan fingerprint density at radius 2 is 1.31 bits per heavy atom. The van der Waals surface area contributed by atoms with Crippen LogP contribution in [0.1, 0.15) is 48.6 Å². The molecule has 0 spiro atoms. The summed E-state index contributed by atoms with van der Waals surface area (Å²) in [6.45, 7) is 11.0. The predicted molar refractivity (Wildman–Crippen MR) is 180 cm³/mol. The maximum absolute atomic E-state index is 14.6. The summed E-state index contributed by atoms with van der Waals surface area (Å²) in [6.07, 6.45) is 0.260. The summed E-state index contributed by atoms with van der Waals surface area (Å²) in [4.78, 5) is 30.1. The summed E-state index contributed by atoms with van der Waals surface area (Å²) < 4.78 is 29.7. The van der Waals surface area contributed by atoms with E-state index in [0.29, 0.717) is 5.69 Å². The van der Waals surface area contributed by atoms with Crippen LogP contribution in [0.4, 0.5) is 5.69 Å². The Bertz CT molecular complexity index is 1720. The minimum atomic E-state index is -4.16. The molecule has 0 radical (unpaired) electrons. The van der Waals surface area contributed by atoms with Crippen molar-refractivity contribution in [3.05, 3.63) is 131 Å². The van der Waals surface area contributed by atoms with Crippen LogP contribution >= 0.6 is 0 Å². The molecule has 0 unspecified atom stereocenters. The van der Waals surface area contributed by atoms with E-state index in [4.69, 9.17) is 0 Å². The van der Waals surface area contributed by atoms with E-state index in [0.717, 1.165) is 27.8 Å². The number of carbonyl (C=O) groups excluding carboxylic acids is 2. The van der Waals surface area contributed by atoms with E-state index in [1.54, 1.807) is 30.3 Å². The lowest BCUT2D eigenvalue weighted by molar-refractivity contribution is -0.140. The van der Waals surface area contributed by atoms with Crippen molar-refractivity contribution in [2.24, 2.45) is 0 Å². The molecule has 0 fully saturated rings. The number of sulfonamides is 1. The maximum Gasteiger partial charge on any atom is 0.264 e. The number of hydrogen-bond acceptors (Lipinski definition) is 4. The van der Waals surface area contributed by atoms with E-state index in [1.807, 2.05) is 114 Å². The molecule has 1 N–H and O–H groups in total. The standard InChI is InChI=1S/C37H43N3O4S/c1-27-17-20-32(21-18-27)45(43,44)40(33-22-19-28(2)23-29(33)3)26-35(41)39(25-31-15-11-8-12-16-31)34(36(42)38-37(4,5)6)24-30-13-9-7-10-14-30/h7-23,34H,24-26H2,1-6H3,(H,38,42)/t34-/m1/s1. The highest BCUT2D eigenvalue weighted by molar-refractivity contribution is 7.92. The minimum Gasteiger partial charge on any atom is -0.350 e. The van der Waals surface area contributed by atoms with Gasteiger partial charge in [0.25, 0.3) is 10.0 Å². The van der Waals surface area contributed by atoms with Gasteiger partial charge >= 0.3 is 0 Å². The van der Waals surface area contributed by atoms with Gasteiger partial charge in [-0.2, -0.15) is 0 Å². The zero-order valence-electron chi connectivity index (χ0n) is 26.9. The Balaban J connectivity index is 1.83. The molecule has 8 heteroatoms. The first kappa shape index (κ1) is 33.5. The van der Waals surface area contributed by atoms with Gasteiger partial charge in [-0.3, -0.25) is 13.9 Å². The van der Waals surface area contributed by atoms with Crippen molar-refractivity contribution in [3.63, 3.8) is 0 Å². The predicted octanol–water partition coefficient (Wildman–Crippen LogP) is 6.36. The third-order valence-corrected chi connectivity index (χ3v) is 9.25. The molecule has 0 aliphatic carbocycles. The Labute approximate surface area is 268 Å². The normalized spacial score (nSPS) is 12.3. The van der Waals surface area contributed by atoms with Crippen LogP contribution in [0.3, 0.4) is 0 Å². The van der Waals surface area contributed by atoms with Crippen LogP contribution in [0.5, 0.6) is 0 Å². The van der Waals surface area contributed by atoms with Gasteiger partial charge in [0.15, 0.2) is 0 Å². The number of aryl methyl sites for hydroxylation is 3. The lowest BCUT2D eigenvalue weighted by Crippen LogP contribution is -2.56. The molecule has 45 heavy (non-hydrogen) atoms. The summed E-state index contributed by atoms with van der Waals surface area (Å²) >= 11 is 0. The average Bonchev–Trinajstić information content (AvgIpc) is 2.98. The number of hydrogen-bond donors (Lipinski definition) is 1. The summed E-state index contributed by atoms with van der Waals surface area (Å²) in [7, 11) is -4.16. The zero-order chi connectivity index (χ0) is 32.8. The van der Waals surface area contributed by atoms with Gasteiger partial charge in [-0.1, -0.05) is 96.1 Å². The minimum absolute atomic E-state index is 0.0850. The molecule has 1 atom stereocenters. The van der Waals surface area contributed by atoms with Gasteiger partial charge in [0.1, 0.15) is 12.6 Å². The summed E-state index contributed by atoms with van der Waals surface area (Å²) in [6, 6.07) is 30.1. The number of carbonyl (C=O) groups is 2. The third kappa shape index (κ3) is 8.82. The van der Waals surface area contributed by atoms with E-state index in [-0.39, 0.29) is 23.8 Å². The molecule has 0 saturated heterocycles. The van der Waals surface area contributed by atoms with Crippen molar-refractivity contribution in [2.45, 2.75) is 71.0 Å². The molecule has 0 aliphatic rings. The van der Waals surface area contributed by atoms with Crippen molar-refractivity contribution in [2.75, 3.05) is 10.8 Å². The molecule has 4 aromatic rings. The van der Waals surface area contributed by atoms with Gasteiger partial charge in [0.05, 0.1) is 10.6 Å². The first-order valence-electron chi connectivity index (χ1n) is 15.1. The molecule has 236 valence electrons. The highest BCUT2D eigenvalue weighted by atomic mass is 32.2. The molecule has 2 amide bonds. The van der Waals surface area contributed by atoms with Crippen LogP contribution in [0.2, 0.25) is 0 Å². The zero-order valence-corrected chi connectivity index (χ0v) is 27.8. The van der Waals surface area contributed by atoms with Gasteiger partial charge in [-0.15, -0.1) is 0 Å². The Morgan fingerprint density at radius 1 is 0.756 bits per heavy atom. The molecule has 4 aromatic carbocycles. The van der Waals surface area contributed by atoms with Crippen molar-refractivity contribution in [1.29, 1.82) is 0 Å². The number of rotatable bonds is 11. The second-order valence-corrected chi connectivity index (χ2v) is 14.4. The van der Waals surface area contributed by atoms with Gasteiger partial charge in [-0.25, -0.2) is 8.42 Å².